The lowest BCUT2D eigenvalue weighted by Gasteiger charge is -2.34. The molecule has 8 nitrogen and oxygen atoms in total. The molecule has 0 N–H and O–H groups in total. The fraction of sp³-hybridized carbons (Fsp3) is 0.529. The number of hydrogen-bond donors (Lipinski definition) is 0. The lowest BCUT2D eigenvalue weighted by Crippen LogP contribution is -2.44. The Hall–Kier alpha value is -2.64. The number of benzene rings is 1. The summed E-state index contributed by atoms with van der Waals surface area (Å²) in [5.41, 5.74) is -0.331. The molecule has 2 atom stereocenters. The monoisotopic (exact) mass is 350 g/mol. The molecule has 1 fully saturated rings. The van der Waals surface area contributed by atoms with Gasteiger partial charge in [-0.25, -0.2) is 4.79 Å². The lowest BCUT2D eigenvalue weighted by atomic mass is 9.92. The van der Waals surface area contributed by atoms with Crippen molar-refractivity contribution in [2.75, 3.05) is 26.8 Å². The molecular weight excluding hydrogens is 328 g/mol. The molecule has 0 saturated carbocycles. The summed E-state index contributed by atoms with van der Waals surface area (Å²) < 4.78 is 9.91. The van der Waals surface area contributed by atoms with E-state index in [-0.39, 0.29) is 29.5 Å². The van der Waals surface area contributed by atoms with Gasteiger partial charge in [-0.1, -0.05) is 13.8 Å². The van der Waals surface area contributed by atoms with Crippen LogP contribution in [-0.2, 0) is 9.53 Å². The van der Waals surface area contributed by atoms with E-state index in [1.165, 1.54) is 19.2 Å². The number of carbonyl (C=O) groups excluding carboxylic acids is 2. The molecule has 1 saturated heterocycles. The summed E-state index contributed by atoms with van der Waals surface area (Å²) in [7, 11) is 1.31. The fourth-order valence-electron chi connectivity index (χ4n) is 3.13. The van der Waals surface area contributed by atoms with Crippen molar-refractivity contribution in [2.24, 2.45) is 11.8 Å². The van der Waals surface area contributed by atoms with Crippen molar-refractivity contribution in [1.29, 1.82) is 0 Å². The van der Waals surface area contributed by atoms with Crippen LogP contribution in [0.2, 0.25) is 0 Å². The number of hydrogen-bond acceptors (Lipinski definition) is 6. The van der Waals surface area contributed by atoms with Crippen LogP contribution in [0.1, 0.15) is 30.6 Å². The number of methoxy groups -OCH3 is 1. The third-order valence-corrected chi connectivity index (χ3v) is 4.16. The molecule has 1 aliphatic heterocycles. The van der Waals surface area contributed by atoms with Gasteiger partial charge in [-0.05, 0) is 30.4 Å². The van der Waals surface area contributed by atoms with E-state index in [1.54, 1.807) is 4.90 Å². The van der Waals surface area contributed by atoms with E-state index in [0.717, 1.165) is 12.5 Å². The molecule has 1 heterocycles. The zero-order valence-corrected chi connectivity index (χ0v) is 14.6. The number of carbonyl (C=O) groups is 2. The highest BCUT2D eigenvalue weighted by molar-refractivity contribution is 5.92. The molecule has 25 heavy (non-hydrogen) atoms. The number of piperidine rings is 1. The molecular formula is C17H22N2O6. The van der Waals surface area contributed by atoms with E-state index < -0.39 is 10.9 Å². The van der Waals surface area contributed by atoms with Crippen molar-refractivity contribution in [2.45, 2.75) is 20.3 Å². The summed E-state index contributed by atoms with van der Waals surface area (Å²) in [5.74, 6) is -0.166. The third-order valence-electron chi connectivity index (χ3n) is 4.16. The molecule has 2 rings (SSSR count). The van der Waals surface area contributed by atoms with Gasteiger partial charge in [0.15, 0.2) is 12.4 Å². The quantitative estimate of drug-likeness (QED) is 0.459. The van der Waals surface area contributed by atoms with Gasteiger partial charge in [0.2, 0.25) is 0 Å². The number of rotatable bonds is 5. The number of amides is 1. The molecule has 1 aromatic rings. The summed E-state index contributed by atoms with van der Waals surface area (Å²) >= 11 is 0. The van der Waals surface area contributed by atoms with E-state index in [4.69, 9.17) is 9.47 Å². The molecule has 0 bridgehead atoms. The van der Waals surface area contributed by atoms with Crippen LogP contribution in [0, 0.1) is 22.0 Å². The molecule has 1 aromatic carbocycles. The highest BCUT2D eigenvalue weighted by atomic mass is 16.6. The maximum Gasteiger partial charge on any atom is 0.338 e. The van der Waals surface area contributed by atoms with Gasteiger partial charge >= 0.3 is 11.7 Å². The van der Waals surface area contributed by atoms with Crippen LogP contribution in [0.3, 0.4) is 0 Å². The van der Waals surface area contributed by atoms with Crippen molar-refractivity contribution in [3.8, 4) is 5.75 Å². The van der Waals surface area contributed by atoms with Gasteiger partial charge in [0, 0.05) is 19.2 Å². The minimum Gasteiger partial charge on any atom is -0.490 e. The van der Waals surface area contributed by atoms with Gasteiger partial charge in [-0.2, -0.15) is 0 Å². The van der Waals surface area contributed by atoms with Gasteiger partial charge < -0.3 is 14.4 Å². The third kappa shape index (κ3) is 4.68. The zero-order chi connectivity index (χ0) is 18.6. The van der Waals surface area contributed by atoms with E-state index in [0.29, 0.717) is 24.9 Å². The Bertz CT molecular complexity index is 665. The van der Waals surface area contributed by atoms with Gasteiger partial charge in [0.1, 0.15) is 0 Å². The Morgan fingerprint density at radius 1 is 1.28 bits per heavy atom. The van der Waals surface area contributed by atoms with Gasteiger partial charge in [0.05, 0.1) is 17.6 Å². The van der Waals surface area contributed by atoms with Gasteiger partial charge in [-0.15, -0.1) is 0 Å². The molecule has 1 aliphatic rings. The Labute approximate surface area is 145 Å². The predicted molar refractivity (Wildman–Crippen MR) is 89.5 cm³/mol. The van der Waals surface area contributed by atoms with E-state index >= 15 is 0 Å². The minimum atomic E-state index is -0.780. The Balaban J connectivity index is 1.99. The van der Waals surface area contributed by atoms with Crippen LogP contribution in [-0.4, -0.2) is 48.5 Å². The fourth-order valence-corrected chi connectivity index (χ4v) is 3.13. The number of nitro groups is 1. The van der Waals surface area contributed by atoms with Crippen molar-refractivity contribution in [3.63, 3.8) is 0 Å². The maximum absolute atomic E-state index is 12.2. The molecule has 0 radical (unpaired) electrons. The highest BCUT2D eigenvalue weighted by Crippen LogP contribution is 2.27. The Morgan fingerprint density at radius 2 is 1.92 bits per heavy atom. The lowest BCUT2D eigenvalue weighted by molar-refractivity contribution is -0.385. The molecule has 1 amide bonds. The summed E-state index contributed by atoms with van der Waals surface area (Å²) in [6.07, 6.45) is 1.07. The average Bonchev–Trinajstić information content (AvgIpc) is 2.57. The van der Waals surface area contributed by atoms with E-state index in [2.05, 4.69) is 13.8 Å². The van der Waals surface area contributed by atoms with Crippen LogP contribution in [0.5, 0.6) is 5.75 Å². The van der Waals surface area contributed by atoms with Crippen LogP contribution in [0.25, 0.3) is 0 Å². The first kappa shape index (κ1) is 18.7. The number of nitrogens with zero attached hydrogens (tertiary/aromatic N) is 2. The Kier molecular flexibility index (Phi) is 5.95. The molecule has 0 aliphatic carbocycles. The van der Waals surface area contributed by atoms with Crippen LogP contribution < -0.4 is 4.74 Å². The van der Waals surface area contributed by atoms with E-state index in [1.807, 2.05) is 0 Å². The average molecular weight is 350 g/mol. The van der Waals surface area contributed by atoms with Crippen LogP contribution in [0.15, 0.2) is 18.2 Å². The minimum absolute atomic E-state index is 0.000630. The molecule has 136 valence electrons. The number of esters is 1. The second-order valence-corrected chi connectivity index (χ2v) is 6.46. The Morgan fingerprint density at radius 3 is 2.48 bits per heavy atom. The first-order valence-corrected chi connectivity index (χ1v) is 8.09. The summed E-state index contributed by atoms with van der Waals surface area (Å²) in [6, 6.07) is 3.77. The number of likely N-dealkylation sites (tertiary alicyclic amines) is 1. The van der Waals surface area contributed by atoms with Crippen molar-refractivity contribution < 1.29 is 24.0 Å². The largest absolute Gasteiger partial charge is 0.490 e. The zero-order valence-electron chi connectivity index (χ0n) is 14.6. The number of nitro benzene ring substituents is 1. The second-order valence-electron chi connectivity index (χ2n) is 6.46. The maximum atomic E-state index is 12.2. The normalized spacial score (nSPS) is 20.0. The summed E-state index contributed by atoms with van der Waals surface area (Å²) in [5, 5.41) is 11.0. The topological polar surface area (TPSA) is 99.0 Å². The van der Waals surface area contributed by atoms with Crippen LogP contribution in [0.4, 0.5) is 5.69 Å². The standard InChI is InChI=1S/C17H22N2O6/c1-11-6-12(2)9-18(8-11)16(20)10-25-17(21)13-4-5-15(24-3)14(7-13)19(22)23/h4-5,7,11-12H,6,8-10H2,1-3H3/t11-,12-/m0/s1. The molecule has 0 unspecified atom stereocenters. The van der Waals surface area contributed by atoms with Gasteiger partial charge in [-0.3, -0.25) is 14.9 Å². The molecule has 0 spiro atoms. The predicted octanol–water partition coefficient (Wildman–Crippen LogP) is 2.26. The van der Waals surface area contributed by atoms with Crippen molar-refractivity contribution in [3.05, 3.63) is 33.9 Å². The second kappa shape index (κ2) is 7.96. The number of ether oxygens (including phenoxy) is 2. The first-order chi connectivity index (χ1) is 11.8. The summed E-state index contributed by atoms with van der Waals surface area (Å²) in [4.78, 5) is 36.4. The van der Waals surface area contributed by atoms with Crippen LogP contribution >= 0.6 is 0 Å². The molecule has 0 aromatic heterocycles. The van der Waals surface area contributed by atoms with Gasteiger partial charge in [0.25, 0.3) is 5.91 Å². The van der Waals surface area contributed by atoms with Crippen molar-refractivity contribution >= 4 is 17.6 Å². The van der Waals surface area contributed by atoms with E-state index in [9.17, 15) is 19.7 Å². The summed E-state index contributed by atoms with van der Waals surface area (Å²) in [6.45, 7) is 5.08. The van der Waals surface area contributed by atoms with Crippen molar-refractivity contribution in [1.82, 2.24) is 4.90 Å². The SMILES string of the molecule is COc1ccc(C(=O)OCC(=O)N2C[C@@H](C)C[C@H](C)C2)cc1[N+](=O)[O-]. The first-order valence-electron chi connectivity index (χ1n) is 8.09. The highest BCUT2D eigenvalue weighted by Gasteiger charge is 2.26. The smallest absolute Gasteiger partial charge is 0.338 e. The molecule has 8 heteroatoms.